The lowest BCUT2D eigenvalue weighted by Gasteiger charge is -2.44. The lowest BCUT2D eigenvalue weighted by Crippen LogP contribution is -2.55. The summed E-state index contributed by atoms with van der Waals surface area (Å²) in [5, 5.41) is -0.520. The lowest BCUT2D eigenvalue weighted by molar-refractivity contribution is -0.151. The van der Waals surface area contributed by atoms with Gasteiger partial charge in [-0.05, 0) is 58.4 Å². The first kappa shape index (κ1) is 20.9. The van der Waals surface area contributed by atoms with Gasteiger partial charge < -0.3 is 8.85 Å². The minimum absolute atomic E-state index is 0.0212. The van der Waals surface area contributed by atoms with E-state index >= 15 is 0 Å². The van der Waals surface area contributed by atoms with Crippen LogP contribution < -0.4 is 0 Å². The number of esters is 1. The molecule has 3 nitrogen and oxygen atoms in total. The molecule has 0 aliphatic heterocycles. The van der Waals surface area contributed by atoms with E-state index in [0.29, 0.717) is 0 Å². The van der Waals surface area contributed by atoms with Crippen LogP contribution in [0, 0.1) is 0 Å². The Morgan fingerprint density at radius 3 is 1.81 bits per heavy atom. The molecule has 0 amide bonds. The second-order valence-electron chi connectivity index (χ2n) is 7.11. The van der Waals surface area contributed by atoms with E-state index in [2.05, 4.69) is 33.9 Å². The van der Waals surface area contributed by atoms with Crippen LogP contribution in [0.5, 0.6) is 0 Å². The Morgan fingerprint density at radius 2 is 1.48 bits per heavy atom. The molecule has 0 radical (unpaired) electrons. The first-order valence-corrected chi connectivity index (χ1v) is 13.9. The first-order valence-electron chi connectivity index (χ1n) is 8.43. The zero-order chi connectivity index (χ0) is 16.9. The van der Waals surface area contributed by atoms with Gasteiger partial charge >= 0.3 is 5.97 Å². The van der Waals surface area contributed by atoms with Gasteiger partial charge in [0.15, 0.2) is 16.6 Å². The number of ether oxygens (including phenoxy) is 1. The average Bonchev–Trinajstić information content (AvgIpc) is 2.44. The van der Waals surface area contributed by atoms with Gasteiger partial charge in [0.2, 0.25) is 0 Å². The van der Waals surface area contributed by atoms with Crippen LogP contribution in [-0.4, -0.2) is 28.7 Å². The summed E-state index contributed by atoms with van der Waals surface area (Å²) in [6, 6.07) is 3.35. The Balaban J connectivity index is 5.22. The van der Waals surface area contributed by atoms with Crippen LogP contribution in [0.4, 0.5) is 0 Å². The van der Waals surface area contributed by atoms with Crippen LogP contribution in [-0.2, 0) is 13.6 Å². The Bertz CT molecular complexity index is 328. The summed E-state index contributed by atoms with van der Waals surface area (Å²) in [4.78, 5) is 12.6. The first-order chi connectivity index (χ1) is 9.51. The molecular formula is C16H36O3Si2. The molecule has 0 bridgehead atoms. The van der Waals surface area contributed by atoms with Crippen molar-refractivity contribution in [2.75, 3.05) is 0 Å². The Hall–Kier alpha value is -0.136. The van der Waals surface area contributed by atoms with Gasteiger partial charge in [-0.15, -0.1) is 0 Å². The fraction of sp³-hybridized carbons (Fsp3) is 0.938. The van der Waals surface area contributed by atoms with Crippen LogP contribution in [0.3, 0.4) is 0 Å². The molecule has 0 fully saturated rings. The van der Waals surface area contributed by atoms with Crippen molar-refractivity contribution in [2.24, 2.45) is 0 Å². The molecule has 0 aliphatic carbocycles. The molecule has 0 aromatic rings. The highest BCUT2D eigenvalue weighted by Gasteiger charge is 2.51. The highest BCUT2D eigenvalue weighted by atomic mass is 28.4. The predicted molar refractivity (Wildman–Crippen MR) is 95.7 cm³/mol. The normalized spacial score (nSPS) is 14.9. The van der Waals surface area contributed by atoms with Gasteiger partial charge in [-0.25, -0.2) is 0 Å². The molecule has 0 spiro atoms. The van der Waals surface area contributed by atoms with Crippen molar-refractivity contribution >= 4 is 22.6 Å². The molecule has 0 heterocycles. The smallest absolute Gasteiger partial charge is 0.311 e. The largest absolute Gasteiger partial charge is 0.462 e. The van der Waals surface area contributed by atoms with Crippen molar-refractivity contribution in [1.29, 1.82) is 0 Å². The molecule has 0 rings (SSSR count). The molecule has 0 aromatic carbocycles. The minimum atomic E-state index is -2.18. The van der Waals surface area contributed by atoms with Gasteiger partial charge in [-0.1, -0.05) is 27.7 Å². The van der Waals surface area contributed by atoms with Crippen molar-refractivity contribution in [3.8, 4) is 0 Å². The Labute approximate surface area is 134 Å². The van der Waals surface area contributed by atoms with Crippen LogP contribution in [0.25, 0.3) is 0 Å². The second-order valence-corrected chi connectivity index (χ2v) is 16.7. The number of rotatable bonds is 9. The maximum atomic E-state index is 12.6. The molecule has 0 aromatic heterocycles. The number of carbonyl (C=O) groups is 1. The molecule has 0 N–H and O–H groups in total. The molecule has 0 saturated carbocycles. The van der Waals surface area contributed by atoms with Crippen LogP contribution in [0.15, 0.2) is 0 Å². The summed E-state index contributed by atoms with van der Waals surface area (Å²) in [6.45, 7) is 19.0. The van der Waals surface area contributed by atoms with Gasteiger partial charge in [0.05, 0.1) is 11.1 Å². The van der Waals surface area contributed by atoms with Crippen molar-refractivity contribution in [1.82, 2.24) is 0 Å². The van der Waals surface area contributed by atoms with E-state index in [9.17, 15) is 4.79 Å². The van der Waals surface area contributed by atoms with Gasteiger partial charge in [-0.3, -0.25) is 4.79 Å². The molecule has 1 atom stereocenters. The van der Waals surface area contributed by atoms with Crippen LogP contribution in [0.1, 0.15) is 54.9 Å². The second kappa shape index (κ2) is 7.93. The minimum Gasteiger partial charge on any atom is -0.462 e. The number of carbonyl (C=O) groups excluding carboxylic acids is 1. The molecule has 0 aliphatic rings. The van der Waals surface area contributed by atoms with Crippen molar-refractivity contribution < 1.29 is 13.6 Å². The number of hydrogen-bond acceptors (Lipinski definition) is 3. The zero-order valence-electron chi connectivity index (χ0n) is 15.6. The molecule has 1 unspecified atom stereocenters. The quantitative estimate of drug-likeness (QED) is 0.422. The van der Waals surface area contributed by atoms with Gasteiger partial charge in [0.1, 0.15) is 0 Å². The summed E-state index contributed by atoms with van der Waals surface area (Å²) in [6.07, 6.45) is 0.828. The third kappa shape index (κ3) is 4.93. The van der Waals surface area contributed by atoms with Crippen molar-refractivity contribution in [3.63, 3.8) is 0 Å². The fourth-order valence-electron chi connectivity index (χ4n) is 2.29. The molecule has 5 heteroatoms. The van der Waals surface area contributed by atoms with Crippen molar-refractivity contribution in [2.45, 2.75) is 97.3 Å². The van der Waals surface area contributed by atoms with Crippen molar-refractivity contribution in [3.05, 3.63) is 0 Å². The van der Waals surface area contributed by atoms with Crippen LogP contribution >= 0.6 is 0 Å². The summed E-state index contributed by atoms with van der Waals surface area (Å²) in [7, 11) is -3.89. The van der Waals surface area contributed by atoms with E-state index in [1.807, 2.05) is 27.7 Å². The van der Waals surface area contributed by atoms with E-state index in [0.717, 1.165) is 24.6 Å². The third-order valence-electron chi connectivity index (χ3n) is 5.30. The summed E-state index contributed by atoms with van der Waals surface area (Å²) in [5.41, 5.74) is 0. The maximum absolute atomic E-state index is 12.6. The van der Waals surface area contributed by atoms with E-state index in [4.69, 9.17) is 8.85 Å². The van der Waals surface area contributed by atoms with Gasteiger partial charge in [-0.2, -0.15) is 0 Å². The van der Waals surface area contributed by atoms with E-state index < -0.39 is 21.7 Å². The topological polar surface area (TPSA) is 35.5 Å². The molecule has 0 saturated heterocycles. The monoisotopic (exact) mass is 332 g/mol. The molecule has 21 heavy (non-hydrogen) atoms. The third-order valence-corrected chi connectivity index (χ3v) is 16.2. The predicted octanol–water partition coefficient (Wildman–Crippen LogP) is 5.34. The Morgan fingerprint density at radius 1 is 1.05 bits per heavy atom. The van der Waals surface area contributed by atoms with Gasteiger partial charge in [0, 0.05) is 0 Å². The van der Waals surface area contributed by atoms with E-state index in [-0.39, 0.29) is 12.1 Å². The zero-order valence-corrected chi connectivity index (χ0v) is 17.6. The number of hydrogen-bond donors (Lipinski definition) is 0. The lowest BCUT2D eigenvalue weighted by atomic mass is 10.2. The summed E-state index contributed by atoms with van der Waals surface area (Å²) < 4.78 is 12.3. The fourth-order valence-corrected chi connectivity index (χ4v) is 11.4. The SMILES string of the molecule is CCC(C)OC(=O)C(C)(C)[Si](C)(C)O[Si](CC)(CC)CC. The average molecular weight is 333 g/mol. The summed E-state index contributed by atoms with van der Waals surface area (Å²) in [5.74, 6) is -0.0975. The molecular weight excluding hydrogens is 296 g/mol. The maximum Gasteiger partial charge on any atom is 0.311 e. The van der Waals surface area contributed by atoms with E-state index in [1.54, 1.807) is 0 Å². The van der Waals surface area contributed by atoms with Crippen LogP contribution in [0.2, 0.25) is 36.3 Å². The Kier molecular flexibility index (Phi) is 7.87. The highest BCUT2D eigenvalue weighted by molar-refractivity contribution is 6.88. The van der Waals surface area contributed by atoms with Gasteiger partial charge in [0.25, 0.3) is 0 Å². The summed E-state index contributed by atoms with van der Waals surface area (Å²) >= 11 is 0. The van der Waals surface area contributed by atoms with E-state index in [1.165, 1.54) is 0 Å². The highest BCUT2D eigenvalue weighted by Crippen LogP contribution is 2.42. The standard InChI is InChI=1S/C16H36O3Si2/c1-10-14(5)18-15(17)16(6,7)20(8,9)19-21(11-2,12-3)13-4/h14H,10-13H2,1-9H3. The molecule has 126 valence electrons.